The maximum atomic E-state index is 3.60. The smallest absolute Gasteiger partial charge is 0.0343 e. The summed E-state index contributed by atoms with van der Waals surface area (Å²) >= 11 is 3.60. The Balaban J connectivity index is 1.99. The molecular weight excluding hydrogens is 290 g/mol. The first-order chi connectivity index (χ1) is 8.83. The summed E-state index contributed by atoms with van der Waals surface area (Å²) in [6.45, 7) is 5.29. The zero-order chi connectivity index (χ0) is 13.1. The lowest BCUT2D eigenvalue weighted by atomic mass is 10.2. The van der Waals surface area contributed by atoms with Crippen molar-refractivity contribution in [1.29, 1.82) is 0 Å². The molecule has 3 nitrogen and oxygen atoms in total. The third-order valence-electron chi connectivity index (χ3n) is 2.73. The number of benzene rings is 1. The second-order valence-electron chi connectivity index (χ2n) is 4.39. The molecule has 0 radical (unpaired) electrons. The fourth-order valence-electron chi connectivity index (χ4n) is 1.75. The predicted molar refractivity (Wildman–Crippen MR) is 81.8 cm³/mol. The fourth-order valence-corrected chi connectivity index (χ4v) is 2.29. The molecule has 1 rings (SSSR count). The Kier molecular flexibility index (Phi) is 9.12. The van der Waals surface area contributed by atoms with E-state index >= 15 is 0 Å². The van der Waals surface area contributed by atoms with E-state index in [0.29, 0.717) is 0 Å². The van der Waals surface area contributed by atoms with Crippen molar-refractivity contribution in [2.75, 3.05) is 33.2 Å². The molecular formula is C14H24BrN3. The molecule has 0 saturated carbocycles. The lowest BCUT2D eigenvalue weighted by molar-refractivity contribution is 0.459. The van der Waals surface area contributed by atoms with Crippen LogP contribution in [0, 0.1) is 0 Å². The molecule has 0 unspecified atom stereocenters. The number of rotatable bonds is 10. The molecule has 0 heterocycles. The lowest BCUT2D eigenvalue weighted by Gasteiger charge is -2.14. The Bertz CT molecular complexity index is 292. The van der Waals surface area contributed by atoms with Crippen LogP contribution in [0.1, 0.15) is 18.4 Å². The molecule has 1 aromatic rings. The van der Waals surface area contributed by atoms with E-state index in [1.807, 2.05) is 7.05 Å². The SMILES string of the molecule is CNCCCNCCCN(Br)Cc1ccccc1. The molecule has 0 bridgehead atoms. The number of halogens is 1. The van der Waals surface area contributed by atoms with E-state index < -0.39 is 0 Å². The van der Waals surface area contributed by atoms with Crippen LogP contribution in [0.25, 0.3) is 0 Å². The monoisotopic (exact) mass is 313 g/mol. The molecule has 18 heavy (non-hydrogen) atoms. The van der Waals surface area contributed by atoms with E-state index in [0.717, 1.165) is 39.1 Å². The van der Waals surface area contributed by atoms with E-state index in [1.54, 1.807) is 0 Å². The number of nitrogens with one attached hydrogen (secondary N) is 2. The molecule has 0 aromatic heterocycles. The van der Waals surface area contributed by atoms with Gasteiger partial charge in [-0.3, -0.25) is 0 Å². The molecule has 1 aromatic carbocycles. The summed E-state index contributed by atoms with van der Waals surface area (Å²) in [4.78, 5) is 0. The lowest BCUT2D eigenvalue weighted by Crippen LogP contribution is -2.23. The van der Waals surface area contributed by atoms with Gasteiger partial charge in [-0.05, 0) is 45.1 Å². The Morgan fingerprint density at radius 1 is 1.06 bits per heavy atom. The first kappa shape index (κ1) is 15.6. The highest BCUT2D eigenvalue weighted by atomic mass is 79.9. The van der Waals surface area contributed by atoms with Crippen LogP contribution in [-0.2, 0) is 6.54 Å². The predicted octanol–water partition coefficient (Wildman–Crippen LogP) is 2.39. The summed E-state index contributed by atoms with van der Waals surface area (Å²) in [6, 6.07) is 10.5. The maximum absolute atomic E-state index is 3.60. The van der Waals surface area contributed by atoms with Crippen LogP contribution in [0.15, 0.2) is 30.3 Å². The van der Waals surface area contributed by atoms with Crippen molar-refractivity contribution in [2.24, 2.45) is 0 Å². The molecule has 0 saturated heterocycles. The van der Waals surface area contributed by atoms with Crippen LogP contribution in [0.3, 0.4) is 0 Å². The van der Waals surface area contributed by atoms with Crippen molar-refractivity contribution in [3.63, 3.8) is 0 Å². The minimum Gasteiger partial charge on any atom is -0.320 e. The standard InChI is InChI=1S/C14H24BrN3/c1-16-9-5-10-17-11-6-12-18(15)13-14-7-3-2-4-8-14/h2-4,7-8,16-17H,5-6,9-13H2,1H3. The summed E-state index contributed by atoms with van der Waals surface area (Å²) in [7, 11) is 1.99. The van der Waals surface area contributed by atoms with Gasteiger partial charge in [-0.15, -0.1) is 0 Å². The summed E-state index contributed by atoms with van der Waals surface area (Å²) in [5.74, 6) is 0. The van der Waals surface area contributed by atoms with E-state index in [4.69, 9.17) is 0 Å². The maximum Gasteiger partial charge on any atom is 0.0343 e. The molecule has 0 aliphatic rings. The van der Waals surface area contributed by atoms with Crippen molar-refractivity contribution in [2.45, 2.75) is 19.4 Å². The van der Waals surface area contributed by atoms with Crippen LogP contribution in [-0.4, -0.2) is 37.2 Å². The third kappa shape index (κ3) is 7.82. The largest absolute Gasteiger partial charge is 0.320 e. The third-order valence-corrected chi connectivity index (χ3v) is 3.34. The summed E-state index contributed by atoms with van der Waals surface area (Å²) in [5, 5.41) is 6.60. The number of hydrogen-bond acceptors (Lipinski definition) is 3. The van der Waals surface area contributed by atoms with E-state index in [2.05, 4.69) is 61.0 Å². The molecule has 0 amide bonds. The van der Waals surface area contributed by atoms with Gasteiger partial charge in [-0.2, -0.15) is 0 Å². The molecule has 102 valence electrons. The van der Waals surface area contributed by atoms with Gasteiger partial charge in [0.2, 0.25) is 0 Å². The average molecular weight is 314 g/mol. The van der Waals surface area contributed by atoms with Crippen LogP contribution in [0.4, 0.5) is 0 Å². The second kappa shape index (κ2) is 10.5. The van der Waals surface area contributed by atoms with Crippen molar-refractivity contribution < 1.29 is 0 Å². The average Bonchev–Trinajstić information content (AvgIpc) is 2.39. The van der Waals surface area contributed by atoms with Crippen molar-refractivity contribution in [3.8, 4) is 0 Å². The fraction of sp³-hybridized carbons (Fsp3) is 0.571. The Morgan fingerprint density at radius 2 is 1.78 bits per heavy atom. The highest BCUT2D eigenvalue weighted by molar-refractivity contribution is 9.07. The van der Waals surface area contributed by atoms with Crippen molar-refractivity contribution >= 4 is 16.1 Å². The van der Waals surface area contributed by atoms with Gasteiger partial charge in [0.25, 0.3) is 0 Å². The topological polar surface area (TPSA) is 27.3 Å². The minimum absolute atomic E-state index is 0.959. The molecule has 0 atom stereocenters. The highest BCUT2D eigenvalue weighted by Gasteiger charge is 2.00. The summed E-state index contributed by atoms with van der Waals surface area (Å²) < 4.78 is 2.19. The quantitative estimate of drug-likeness (QED) is 0.513. The van der Waals surface area contributed by atoms with Gasteiger partial charge in [-0.1, -0.05) is 30.3 Å². The molecule has 0 spiro atoms. The minimum atomic E-state index is 0.959. The first-order valence-electron chi connectivity index (χ1n) is 6.63. The van der Waals surface area contributed by atoms with Crippen LogP contribution in [0.5, 0.6) is 0 Å². The number of nitrogens with zero attached hydrogens (tertiary/aromatic N) is 1. The van der Waals surface area contributed by atoms with Crippen LogP contribution in [0.2, 0.25) is 0 Å². The van der Waals surface area contributed by atoms with Gasteiger partial charge in [-0.25, -0.2) is 3.93 Å². The Hall–Kier alpha value is -0.420. The van der Waals surface area contributed by atoms with Crippen molar-refractivity contribution in [1.82, 2.24) is 14.6 Å². The Labute approximate surface area is 119 Å². The van der Waals surface area contributed by atoms with E-state index in [1.165, 1.54) is 12.0 Å². The molecule has 0 aliphatic heterocycles. The van der Waals surface area contributed by atoms with Gasteiger partial charge in [0.15, 0.2) is 0 Å². The zero-order valence-corrected chi connectivity index (χ0v) is 12.7. The zero-order valence-electron chi connectivity index (χ0n) is 11.2. The normalized spacial score (nSPS) is 11.1. The number of hydrogen-bond donors (Lipinski definition) is 2. The Morgan fingerprint density at radius 3 is 2.50 bits per heavy atom. The molecule has 4 heteroatoms. The second-order valence-corrected chi connectivity index (χ2v) is 5.39. The molecule has 0 fully saturated rings. The van der Waals surface area contributed by atoms with Gasteiger partial charge in [0.05, 0.1) is 0 Å². The first-order valence-corrected chi connectivity index (χ1v) is 7.34. The van der Waals surface area contributed by atoms with Gasteiger partial charge < -0.3 is 10.6 Å². The summed E-state index contributed by atoms with van der Waals surface area (Å²) in [5.41, 5.74) is 1.34. The molecule has 2 N–H and O–H groups in total. The van der Waals surface area contributed by atoms with Gasteiger partial charge >= 0.3 is 0 Å². The van der Waals surface area contributed by atoms with Crippen LogP contribution >= 0.6 is 16.1 Å². The van der Waals surface area contributed by atoms with Crippen molar-refractivity contribution in [3.05, 3.63) is 35.9 Å². The van der Waals surface area contributed by atoms with Gasteiger partial charge in [0, 0.05) is 29.2 Å². The van der Waals surface area contributed by atoms with E-state index in [9.17, 15) is 0 Å². The highest BCUT2D eigenvalue weighted by Crippen LogP contribution is 2.08. The molecule has 0 aliphatic carbocycles. The van der Waals surface area contributed by atoms with Crippen LogP contribution < -0.4 is 10.6 Å². The van der Waals surface area contributed by atoms with Gasteiger partial charge in [0.1, 0.15) is 0 Å². The van der Waals surface area contributed by atoms with E-state index in [-0.39, 0.29) is 0 Å². The summed E-state index contributed by atoms with van der Waals surface area (Å²) in [6.07, 6.45) is 2.36.